The number of carbonyl (C=O) groups excluding carboxylic acids is 1. The molecule has 2 aromatic carbocycles. The summed E-state index contributed by atoms with van der Waals surface area (Å²) in [5, 5.41) is 11.1. The predicted molar refractivity (Wildman–Crippen MR) is 111 cm³/mol. The van der Waals surface area contributed by atoms with Crippen LogP contribution in [0.3, 0.4) is 0 Å². The molecule has 0 aliphatic carbocycles. The second-order valence-corrected chi connectivity index (χ2v) is 7.25. The number of benzene rings is 2. The average Bonchev–Trinajstić information content (AvgIpc) is 2.94. The van der Waals surface area contributed by atoms with Crippen LogP contribution in [0.25, 0.3) is 6.08 Å². The smallest absolute Gasteiger partial charge is 0.344 e. The van der Waals surface area contributed by atoms with Crippen LogP contribution in [0.2, 0.25) is 0 Å². The van der Waals surface area contributed by atoms with E-state index in [2.05, 4.69) is 4.99 Å². The van der Waals surface area contributed by atoms with Gasteiger partial charge in [0.2, 0.25) is 0 Å². The molecule has 2 aromatic rings. The lowest BCUT2D eigenvalue weighted by atomic mass is 10.1. The zero-order chi connectivity index (χ0) is 19.4. The van der Waals surface area contributed by atoms with Gasteiger partial charge in [0.25, 0.3) is 0 Å². The number of aliphatic imine (C=N–C) groups is 1. The Morgan fingerprint density at radius 2 is 1.67 bits per heavy atom. The fraction of sp³-hybridized carbons (Fsp3) is 0.182. The molecule has 0 spiro atoms. The van der Waals surface area contributed by atoms with E-state index < -0.39 is 5.97 Å². The van der Waals surface area contributed by atoms with E-state index in [0.717, 1.165) is 16.7 Å². The summed E-state index contributed by atoms with van der Waals surface area (Å²) in [5.74, 6) is -0.662. The summed E-state index contributed by atoms with van der Waals surface area (Å²) in [6, 6.07) is 15.6. The summed E-state index contributed by atoms with van der Waals surface area (Å²) in [7, 11) is 0. The average molecular weight is 379 g/mol. The number of nitrogens with zero attached hydrogens (tertiary/aromatic N) is 1. The van der Waals surface area contributed by atoms with Crippen LogP contribution in [0, 0.1) is 13.8 Å². The summed E-state index contributed by atoms with van der Waals surface area (Å²) in [6.45, 7) is 5.98. The Hall–Kier alpha value is -2.79. The van der Waals surface area contributed by atoms with Gasteiger partial charge in [-0.05, 0) is 44.5 Å². The minimum absolute atomic E-state index is 0.0927. The lowest BCUT2D eigenvalue weighted by Gasteiger charge is -2.04. The normalized spacial score (nSPS) is 17.0. The molecule has 1 heterocycles. The van der Waals surface area contributed by atoms with Gasteiger partial charge in [0.15, 0.2) is 0 Å². The number of aryl methyl sites for hydroxylation is 2. The van der Waals surface area contributed by atoms with Crippen LogP contribution in [0.1, 0.15) is 23.6 Å². The molecule has 0 saturated heterocycles. The number of hydrogen-bond acceptors (Lipinski definition) is 5. The monoisotopic (exact) mass is 379 g/mol. The van der Waals surface area contributed by atoms with E-state index in [1.165, 1.54) is 11.8 Å². The van der Waals surface area contributed by atoms with Crippen LogP contribution in [0.5, 0.6) is 0 Å². The van der Waals surface area contributed by atoms with Crippen molar-refractivity contribution < 1.29 is 14.6 Å². The van der Waals surface area contributed by atoms with Gasteiger partial charge in [-0.1, -0.05) is 59.3 Å². The van der Waals surface area contributed by atoms with Crippen molar-refractivity contribution >= 4 is 34.5 Å². The van der Waals surface area contributed by atoms with E-state index in [1.54, 1.807) is 6.92 Å². The minimum atomic E-state index is -0.569. The van der Waals surface area contributed by atoms with Crippen LogP contribution >= 0.6 is 11.8 Å². The Bertz CT molecular complexity index is 939. The van der Waals surface area contributed by atoms with Crippen molar-refractivity contribution in [1.29, 1.82) is 0 Å². The van der Waals surface area contributed by atoms with Gasteiger partial charge < -0.3 is 9.84 Å². The number of thioether (sulfide) groups is 1. The topological polar surface area (TPSA) is 58.9 Å². The molecule has 0 amide bonds. The second kappa shape index (κ2) is 8.27. The summed E-state index contributed by atoms with van der Waals surface area (Å²) in [5.41, 5.74) is 4.05. The summed E-state index contributed by atoms with van der Waals surface area (Å²) >= 11 is 1.27. The van der Waals surface area contributed by atoms with Crippen LogP contribution in [0.15, 0.2) is 69.8 Å². The molecule has 0 radical (unpaired) electrons. The maximum Gasteiger partial charge on any atom is 0.344 e. The number of aliphatic hydroxyl groups is 1. The van der Waals surface area contributed by atoms with Gasteiger partial charge in [-0.15, -0.1) is 0 Å². The van der Waals surface area contributed by atoms with Crippen LogP contribution < -0.4 is 0 Å². The van der Waals surface area contributed by atoms with Crippen molar-refractivity contribution in [3.05, 3.63) is 81.5 Å². The Kier molecular flexibility index (Phi) is 5.81. The van der Waals surface area contributed by atoms with E-state index in [-0.39, 0.29) is 17.9 Å². The third kappa shape index (κ3) is 4.49. The first kappa shape index (κ1) is 19.0. The quantitative estimate of drug-likeness (QED) is 0.713. The molecule has 1 aliphatic rings. The molecule has 0 aromatic heterocycles. The van der Waals surface area contributed by atoms with Crippen molar-refractivity contribution in [2.45, 2.75) is 20.8 Å². The van der Waals surface area contributed by atoms with E-state index >= 15 is 0 Å². The Labute approximate surface area is 163 Å². The second-order valence-electron chi connectivity index (χ2n) is 6.22. The highest BCUT2D eigenvalue weighted by Crippen LogP contribution is 2.40. The van der Waals surface area contributed by atoms with Gasteiger partial charge in [0, 0.05) is 0 Å². The van der Waals surface area contributed by atoms with Crippen LogP contribution in [0.4, 0.5) is 5.69 Å². The SMILES string of the molecule is CCOC(=O)C1=C(O)/C(=C\c2ccc(C)cc2)SC1=Nc1ccc(C)cc1. The number of ether oxygens (including phenoxy) is 1. The molecule has 0 atom stereocenters. The predicted octanol–water partition coefficient (Wildman–Crippen LogP) is 5.50. The van der Waals surface area contributed by atoms with Gasteiger partial charge >= 0.3 is 5.97 Å². The zero-order valence-electron chi connectivity index (χ0n) is 15.5. The molecule has 27 heavy (non-hydrogen) atoms. The Morgan fingerprint density at radius 3 is 2.26 bits per heavy atom. The van der Waals surface area contributed by atoms with Gasteiger partial charge in [0.05, 0.1) is 17.2 Å². The maximum absolute atomic E-state index is 12.4. The molecule has 0 bridgehead atoms. The molecule has 4 nitrogen and oxygen atoms in total. The standard InChI is InChI=1S/C22H21NO3S/c1-4-26-22(25)19-20(24)18(13-16-9-5-14(2)6-10-16)27-21(19)23-17-11-7-15(3)8-12-17/h5-13,24H,4H2,1-3H3/b18-13+,23-21?. The van der Waals surface area contributed by atoms with E-state index in [1.807, 2.05) is 68.5 Å². The highest BCUT2D eigenvalue weighted by Gasteiger charge is 2.33. The molecule has 3 rings (SSSR count). The third-order valence-corrected chi connectivity index (χ3v) is 5.03. The molecular weight excluding hydrogens is 358 g/mol. The van der Waals surface area contributed by atoms with Gasteiger partial charge in [0.1, 0.15) is 16.4 Å². The lowest BCUT2D eigenvalue weighted by molar-refractivity contribution is -0.138. The Balaban J connectivity index is 2.02. The van der Waals surface area contributed by atoms with Crippen molar-refractivity contribution in [2.24, 2.45) is 4.99 Å². The third-order valence-electron chi connectivity index (χ3n) is 4.01. The highest BCUT2D eigenvalue weighted by atomic mass is 32.2. The number of aliphatic hydroxyl groups excluding tert-OH is 1. The highest BCUT2D eigenvalue weighted by molar-refractivity contribution is 8.18. The molecular formula is C22H21NO3S. The number of carbonyl (C=O) groups is 1. The molecule has 0 fully saturated rings. The first-order valence-corrected chi connectivity index (χ1v) is 9.52. The summed E-state index contributed by atoms with van der Waals surface area (Å²) in [4.78, 5) is 17.5. The first-order valence-electron chi connectivity index (χ1n) is 8.70. The van der Waals surface area contributed by atoms with Gasteiger partial charge in [-0.3, -0.25) is 0 Å². The Morgan fingerprint density at radius 1 is 1.07 bits per heavy atom. The van der Waals surface area contributed by atoms with Gasteiger partial charge in [-0.2, -0.15) is 0 Å². The van der Waals surface area contributed by atoms with E-state index in [9.17, 15) is 9.90 Å². The van der Waals surface area contributed by atoms with Crippen molar-refractivity contribution in [3.63, 3.8) is 0 Å². The summed E-state index contributed by atoms with van der Waals surface area (Å²) < 4.78 is 5.12. The van der Waals surface area contributed by atoms with Crippen LogP contribution in [-0.4, -0.2) is 22.7 Å². The van der Waals surface area contributed by atoms with E-state index in [0.29, 0.717) is 15.6 Å². The molecule has 138 valence electrons. The zero-order valence-corrected chi connectivity index (χ0v) is 16.3. The number of esters is 1. The largest absolute Gasteiger partial charge is 0.506 e. The minimum Gasteiger partial charge on any atom is -0.506 e. The fourth-order valence-corrected chi connectivity index (χ4v) is 3.58. The van der Waals surface area contributed by atoms with Gasteiger partial charge in [-0.25, -0.2) is 9.79 Å². The molecule has 0 saturated carbocycles. The first-order chi connectivity index (χ1) is 13.0. The summed E-state index contributed by atoms with van der Waals surface area (Å²) in [6.07, 6.45) is 1.84. The van der Waals surface area contributed by atoms with Crippen molar-refractivity contribution in [2.75, 3.05) is 6.61 Å². The number of hydrogen-bond donors (Lipinski definition) is 1. The molecule has 1 aliphatic heterocycles. The number of rotatable bonds is 4. The molecule has 5 heteroatoms. The molecule has 0 unspecified atom stereocenters. The lowest BCUT2D eigenvalue weighted by Crippen LogP contribution is -2.12. The van der Waals surface area contributed by atoms with E-state index in [4.69, 9.17) is 4.74 Å². The van der Waals surface area contributed by atoms with Crippen LogP contribution in [-0.2, 0) is 9.53 Å². The van der Waals surface area contributed by atoms with Crippen molar-refractivity contribution in [1.82, 2.24) is 0 Å². The maximum atomic E-state index is 12.4. The van der Waals surface area contributed by atoms with Crippen molar-refractivity contribution in [3.8, 4) is 0 Å². The molecule has 1 N–H and O–H groups in total. The fourth-order valence-electron chi connectivity index (χ4n) is 2.54.